The van der Waals surface area contributed by atoms with Crippen molar-refractivity contribution in [2.45, 2.75) is 19.1 Å². The lowest BCUT2D eigenvalue weighted by Crippen LogP contribution is -2.39. The quantitative estimate of drug-likeness (QED) is 0.430. The molecule has 0 amide bonds. The molecule has 0 saturated carbocycles. The van der Waals surface area contributed by atoms with Crippen molar-refractivity contribution in [3.63, 3.8) is 0 Å². The number of hydrogen-bond donors (Lipinski definition) is 2. The number of aliphatic hydroxyl groups is 1. The first-order valence-electron chi connectivity index (χ1n) is 11.7. The summed E-state index contributed by atoms with van der Waals surface area (Å²) in [6, 6.07) is 15.3. The van der Waals surface area contributed by atoms with Gasteiger partial charge in [-0.15, -0.1) is 0 Å². The molecule has 2 aromatic carbocycles. The van der Waals surface area contributed by atoms with E-state index < -0.39 is 5.60 Å². The zero-order chi connectivity index (χ0) is 23.4. The maximum Gasteiger partial charge on any atom is 0.161 e. The lowest BCUT2D eigenvalue weighted by atomic mass is 9.93. The van der Waals surface area contributed by atoms with Crippen LogP contribution in [0.25, 0.3) is 28.3 Å². The number of anilines is 1. The number of benzene rings is 2. The molecule has 0 spiro atoms. The van der Waals surface area contributed by atoms with Gasteiger partial charge in [-0.25, -0.2) is 9.37 Å². The van der Waals surface area contributed by atoms with Crippen molar-refractivity contribution in [3.8, 4) is 28.3 Å². The molecule has 0 aliphatic carbocycles. The molecule has 34 heavy (non-hydrogen) atoms. The highest BCUT2D eigenvalue weighted by Crippen LogP contribution is 2.37. The van der Waals surface area contributed by atoms with Gasteiger partial charge in [0, 0.05) is 61.9 Å². The Morgan fingerprint density at radius 3 is 2.76 bits per heavy atom. The largest absolute Gasteiger partial charge is 0.388 e. The summed E-state index contributed by atoms with van der Waals surface area (Å²) >= 11 is 0. The highest BCUT2D eigenvalue weighted by Gasteiger charge is 2.41. The van der Waals surface area contributed by atoms with Crippen molar-refractivity contribution in [1.82, 2.24) is 19.4 Å². The second-order valence-electron chi connectivity index (χ2n) is 9.67. The number of aromatic nitrogens is 3. The van der Waals surface area contributed by atoms with Crippen molar-refractivity contribution in [2.24, 2.45) is 5.92 Å². The van der Waals surface area contributed by atoms with Gasteiger partial charge in [0.2, 0.25) is 0 Å². The van der Waals surface area contributed by atoms with Gasteiger partial charge >= 0.3 is 0 Å². The summed E-state index contributed by atoms with van der Waals surface area (Å²) in [4.78, 5) is 6.94. The second kappa shape index (κ2) is 7.82. The molecule has 2 aromatic heterocycles. The Morgan fingerprint density at radius 2 is 1.97 bits per heavy atom. The maximum absolute atomic E-state index is 13.4. The summed E-state index contributed by atoms with van der Waals surface area (Å²) in [5, 5.41) is 14.2. The number of fused-ring (bicyclic) bond motifs is 5. The summed E-state index contributed by atoms with van der Waals surface area (Å²) in [6.45, 7) is 4.84. The molecule has 174 valence electrons. The number of hydrogen-bond acceptors (Lipinski definition) is 4. The highest BCUT2D eigenvalue weighted by atomic mass is 19.1. The van der Waals surface area contributed by atoms with E-state index >= 15 is 0 Å². The Kier molecular flexibility index (Phi) is 4.86. The summed E-state index contributed by atoms with van der Waals surface area (Å²) in [7, 11) is 1.93. The summed E-state index contributed by atoms with van der Waals surface area (Å²) < 4.78 is 17.8. The van der Waals surface area contributed by atoms with E-state index in [2.05, 4.69) is 54.8 Å². The lowest BCUT2D eigenvalue weighted by molar-refractivity contribution is 0.0379. The van der Waals surface area contributed by atoms with Crippen LogP contribution in [0.3, 0.4) is 0 Å². The van der Waals surface area contributed by atoms with Gasteiger partial charge in [-0.2, -0.15) is 0 Å². The Balaban J connectivity index is 1.39. The predicted molar refractivity (Wildman–Crippen MR) is 132 cm³/mol. The van der Waals surface area contributed by atoms with Gasteiger partial charge < -0.3 is 19.9 Å². The zero-order valence-electron chi connectivity index (χ0n) is 19.4. The summed E-state index contributed by atoms with van der Waals surface area (Å²) in [6.07, 6.45) is 5.94. The average molecular weight is 458 g/mol. The Hall–Kier alpha value is -3.42. The van der Waals surface area contributed by atoms with Gasteiger partial charge in [0.1, 0.15) is 5.82 Å². The van der Waals surface area contributed by atoms with Gasteiger partial charge in [0.05, 0.1) is 17.0 Å². The van der Waals surface area contributed by atoms with Gasteiger partial charge in [0.15, 0.2) is 5.82 Å². The smallest absolute Gasteiger partial charge is 0.161 e. The fourth-order valence-electron chi connectivity index (χ4n) is 5.40. The van der Waals surface area contributed by atoms with Crippen molar-refractivity contribution < 1.29 is 9.50 Å². The molecule has 0 bridgehead atoms. The fourth-order valence-corrected chi connectivity index (χ4v) is 5.40. The molecule has 0 radical (unpaired) electrons. The van der Waals surface area contributed by atoms with Crippen LogP contribution in [-0.2, 0) is 6.54 Å². The minimum atomic E-state index is -0.731. The van der Waals surface area contributed by atoms with E-state index in [0.717, 1.165) is 47.1 Å². The number of rotatable bonds is 4. The third-order valence-corrected chi connectivity index (χ3v) is 7.25. The number of β-amino-alcohol motifs (C(OH)–C–C–N with tert-alkyl or cyclic N) is 1. The van der Waals surface area contributed by atoms with Crippen LogP contribution >= 0.6 is 0 Å². The number of imidazole rings is 1. The van der Waals surface area contributed by atoms with Crippen molar-refractivity contribution in [3.05, 3.63) is 78.5 Å². The van der Waals surface area contributed by atoms with Crippen LogP contribution in [0.1, 0.15) is 12.5 Å². The van der Waals surface area contributed by atoms with E-state index in [4.69, 9.17) is 0 Å². The third-order valence-electron chi connectivity index (χ3n) is 7.25. The van der Waals surface area contributed by atoms with E-state index in [1.807, 2.05) is 38.5 Å². The lowest BCUT2D eigenvalue weighted by Gasteiger charge is -2.24. The van der Waals surface area contributed by atoms with Gasteiger partial charge in [-0.3, -0.25) is 4.57 Å². The molecule has 4 aromatic rings. The molecular formula is C27H28FN5O. The average Bonchev–Trinajstić information content (AvgIpc) is 3.51. The van der Waals surface area contributed by atoms with Crippen LogP contribution in [0.4, 0.5) is 10.1 Å². The molecule has 2 atom stereocenters. The first-order chi connectivity index (χ1) is 16.4. The number of halogens is 1. The van der Waals surface area contributed by atoms with Crippen LogP contribution in [0.5, 0.6) is 0 Å². The normalized spacial score (nSPS) is 21.2. The van der Waals surface area contributed by atoms with Crippen LogP contribution in [0.2, 0.25) is 0 Å². The van der Waals surface area contributed by atoms with E-state index in [-0.39, 0.29) is 11.7 Å². The second-order valence-corrected chi connectivity index (χ2v) is 9.67. The minimum Gasteiger partial charge on any atom is -0.388 e. The first-order valence-corrected chi connectivity index (χ1v) is 11.7. The number of nitrogens with one attached hydrogen (secondary N) is 1. The molecule has 7 heteroatoms. The monoisotopic (exact) mass is 457 g/mol. The van der Waals surface area contributed by atoms with Crippen LogP contribution in [0, 0.1) is 11.7 Å². The Morgan fingerprint density at radius 1 is 1.15 bits per heavy atom. The highest BCUT2D eigenvalue weighted by molar-refractivity contribution is 5.72. The molecule has 2 N–H and O–H groups in total. The Labute approximate surface area is 198 Å². The fraction of sp³-hybridized carbons (Fsp3) is 0.296. The zero-order valence-corrected chi connectivity index (χ0v) is 19.4. The summed E-state index contributed by atoms with van der Waals surface area (Å²) in [5.74, 6) is 0.823. The molecular weight excluding hydrogens is 429 g/mol. The van der Waals surface area contributed by atoms with Crippen LogP contribution in [-0.4, -0.2) is 51.5 Å². The van der Waals surface area contributed by atoms with Crippen molar-refractivity contribution in [2.75, 3.05) is 31.6 Å². The minimum absolute atomic E-state index is 0.172. The molecule has 4 heterocycles. The standard InChI is InChI=1S/C27H28FN5O/c1-27(34)17-32(16-21(27)13-29-2)23-7-8-24-20(11-23)15-31-14-19(18-3-5-22(28)6-4-18)12-25(31)26-30-9-10-33(24)26/h3-12,14,21,29,34H,13,15-17H2,1-2H3/t21-,27+/m0/s1. The van der Waals surface area contributed by atoms with Crippen LogP contribution < -0.4 is 10.2 Å². The van der Waals surface area contributed by atoms with E-state index in [9.17, 15) is 9.50 Å². The topological polar surface area (TPSA) is 58.2 Å². The van der Waals surface area contributed by atoms with Crippen LogP contribution in [0.15, 0.2) is 67.1 Å². The van der Waals surface area contributed by atoms with E-state index in [1.54, 1.807) is 0 Å². The molecule has 2 aliphatic rings. The van der Waals surface area contributed by atoms with Crippen molar-refractivity contribution >= 4 is 5.69 Å². The maximum atomic E-state index is 13.4. The molecule has 6 nitrogen and oxygen atoms in total. The predicted octanol–water partition coefficient (Wildman–Crippen LogP) is 3.92. The summed E-state index contributed by atoms with van der Waals surface area (Å²) in [5.41, 5.74) is 5.73. The molecule has 6 rings (SSSR count). The van der Waals surface area contributed by atoms with Gasteiger partial charge in [-0.1, -0.05) is 12.1 Å². The molecule has 0 unspecified atom stereocenters. The molecule has 2 aliphatic heterocycles. The Bertz CT molecular complexity index is 1350. The first kappa shape index (κ1) is 21.1. The van der Waals surface area contributed by atoms with Crippen molar-refractivity contribution in [1.29, 1.82) is 0 Å². The third kappa shape index (κ3) is 3.43. The SMILES string of the molecule is CNC[C@H]1CN(c2ccc3c(c2)Cn2cc(-c4ccc(F)cc4)cc2-c2nccn2-3)C[C@@]1(C)O. The molecule has 1 fully saturated rings. The van der Waals surface area contributed by atoms with Gasteiger partial charge in [-0.05, 0) is 61.5 Å². The van der Waals surface area contributed by atoms with E-state index in [0.29, 0.717) is 13.1 Å². The molecule has 1 saturated heterocycles. The van der Waals surface area contributed by atoms with E-state index in [1.165, 1.54) is 17.7 Å². The van der Waals surface area contributed by atoms with Gasteiger partial charge in [0.25, 0.3) is 0 Å². The number of nitrogens with zero attached hydrogens (tertiary/aromatic N) is 4.